The topological polar surface area (TPSA) is 50.7 Å². The third-order valence-electron chi connectivity index (χ3n) is 3.80. The van der Waals surface area contributed by atoms with Crippen molar-refractivity contribution in [1.29, 1.82) is 0 Å². The number of nitrogens with one attached hydrogen (secondary N) is 1. The highest BCUT2D eigenvalue weighted by molar-refractivity contribution is 14.1. The SMILES string of the molecule is O=C(N/N=C\c1cc(I)c(OCc2ccc(Cl)cc2)c(I)c1)c1ccc(Cl)cc1. The highest BCUT2D eigenvalue weighted by atomic mass is 127. The van der Waals surface area contributed by atoms with Crippen molar-refractivity contribution in [3.8, 4) is 5.75 Å². The molecule has 0 unspecified atom stereocenters. The fourth-order valence-electron chi connectivity index (χ4n) is 2.36. The van der Waals surface area contributed by atoms with Crippen LogP contribution in [0.2, 0.25) is 10.0 Å². The first-order chi connectivity index (χ1) is 13.9. The molecule has 148 valence electrons. The van der Waals surface area contributed by atoms with E-state index in [4.69, 9.17) is 27.9 Å². The van der Waals surface area contributed by atoms with Crippen molar-refractivity contribution in [3.63, 3.8) is 0 Å². The molecule has 1 amide bonds. The molecule has 0 aliphatic heterocycles. The molecule has 1 N–H and O–H groups in total. The van der Waals surface area contributed by atoms with Crippen LogP contribution >= 0.6 is 68.4 Å². The summed E-state index contributed by atoms with van der Waals surface area (Å²) in [6, 6.07) is 18.1. The molecular weight excluding hydrogens is 637 g/mol. The Kier molecular flexibility index (Phi) is 8.16. The van der Waals surface area contributed by atoms with Gasteiger partial charge in [0, 0.05) is 15.6 Å². The lowest BCUT2D eigenvalue weighted by molar-refractivity contribution is 0.0955. The molecule has 29 heavy (non-hydrogen) atoms. The van der Waals surface area contributed by atoms with E-state index in [1.165, 1.54) is 0 Å². The average Bonchev–Trinajstić information content (AvgIpc) is 2.69. The minimum absolute atomic E-state index is 0.301. The van der Waals surface area contributed by atoms with Gasteiger partial charge in [0.2, 0.25) is 0 Å². The van der Waals surface area contributed by atoms with Crippen LogP contribution in [0.3, 0.4) is 0 Å². The number of ether oxygens (including phenoxy) is 1. The van der Waals surface area contributed by atoms with Crippen LogP contribution in [0, 0.1) is 7.14 Å². The van der Waals surface area contributed by atoms with Crippen LogP contribution < -0.4 is 10.2 Å². The Morgan fingerprint density at radius 3 is 2.10 bits per heavy atom. The summed E-state index contributed by atoms with van der Waals surface area (Å²) in [5.41, 5.74) is 4.89. The molecule has 0 saturated carbocycles. The fourth-order valence-corrected chi connectivity index (χ4v) is 4.74. The molecule has 0 spiro atoms. The number of nitrogens with zero attached hydrogens (tertiary/aromatic N) is 1. The van der Waals surface area contributed by atoms with Gasteiger partial charge in [0.15, 0.2) is 0 Å². The van der Waals surface area contributed by atoms with Gasteiger partial charge in [-0.1, -0.05) is 35.3 Å². The molecule has 0 fully saturated rings. The molecule has 0 aliphatic rings. The van der Waals surface area contributed by atoms with Gasteiger partial charge < -0.3 is 4.74 Å². The minimum Gasteiger partial charge on any atom is -0.487 e. The van der Waals surface area contributed by atoms with Gasteiger partial charge in [-0.15, -0.1) is 0 Å². The van der Waals surface area contributed by atoms with Gasteiger partial charge in [0.1, 0.15) is 12.4 Å². The maximum Gasteiger partial charge on any atom is 0.271 e. The van der Waals surface area contributed by atoms with Crippen molar-refractivity contribution in [1.82, 2.24) is 5.43 Å². The molecule has 3 aromatic carbocycles. The molecule has 0 aliphatic carbocycles. The average molecular weight is 651 g/mol. The molecule has 3 aromatic rings. The van der Waals surface area contributed by atoms with E-state index >= 15 is 0 Å². The second-order valence-electron chi connectivity index (χ2n) is 5.93. The van der Waals surface area contributed by atoms with Gasteiger partial charge in [-0.05, 0) is 105 Å². The van der Waals surface area contributed by atoms with Crippen LogP contribution in [0.1, 0.15) is 21.5 Å². The molecule has 0 atom stereocenters. The predicted octanol–water partition coefficient (Wildman–Crippen LogP) is 6.55. The molecule has 0 bridgehead atoms. The Bertz CT molecular complexity index is 1020. The van der Waals surface area contributed by atoms with Gasteiger partial charge in [-0.2, -0.15) is 5.10 Å². The van der Waals surface area contributed by atoms with E-state index in [0.717, 1.165) is 24.0 Å². The molecule has 0 heterocycles. The monoisotopic (exact) mass is 650 g/mol. The highest BCUT2D eigenvalue weighted by Crippen LogP contribution is 2.29. The normalized spacial score (nSPS) is 10.9. The number of hydrogen-bond acceptors (Lipinski definition) is 3. The van der Waals surface area contributed by atoms with Crippen molar-refractivity contribution >= 4 is 80.5 Å². The van der Waals surface area contributed by atoms with Crippen LogP contribution in [-0.4, -0.2) is 12.1 Å². The molecule has 4 nitrogen and oxygen atoms in total. The third kappa shape index (κ3) is 6.56. The van der Waals surface area contributed by atoms with Crippen molar-refractivity contribution in [2.75, 3.05) is 0 Å². The first-order valence-electron chi connectivity index (χ1n) is 8.37. The van der Waals surface area contributed by atoms with Gasteiger partial charge in [0.05, 0.1) is 13.4 Å². The van der Waals surface area contributed by atoms with E-state index in [1.54, 1.807) is 30.5 Å². The minimum atomic E-state index is -0.301. The van der Waals surface area contributed by atoms with E-state index in [0.29, 0.717) is 22.2 Å². The Labute approximate surface area is 205 Å². The summed E-state index contributed by atoms with van der Waals surface area (Å²) in [4.78, 5) is 12.1. The summed E-state index contributed by atoms with van der Waals surface area (Å²) in [5.74, 6) is 0.508. The molecular formula is C21H14Cl2I2N2O2. The zero-order chi connectivity index (χ0) is 20.8. The Morgan fingerprint density at radius 1 is 0.966 bits per heavy atom. The van der Waals surface area contributed by atoms with Crippen molar-refractivity contribution in [2.45, 2.75) is 6.61 Å². The number of amides is 1. The smallest absolute Gasteiger partial charge is 0.271 e. The van der Waals surface area contributed by atoms with Crippen molar-refractivity contribution in [3.05, 3.63) is 94.5 Å². The highest BCUT2D eigenvalue weighted by Gasteiger charge is 2.09. The number of hydrazone groups is 1. The zero-order valence-electron chi connectivity index (χ0n) is 14.8. The van der Waals surface area contributed by atoms with Crippen LogP contribution in [0.4, 0.5) is 0 Å². The van der Waals surface area contributed by atoms with Gasteiger partial charge in [-0.25, -0.2) is 5.43 Å². The largest absolute Gasteiger partial charge is 0.487 e. The molecule has 0 aromatic heterocycles. The number of carbonyl (C=O) groups is 1. The van der Waals surface area contributed by atoms with Crippen molar-refractivity contribution < 1.29 is 9.53 Å². The fraction of sp³-hybridized carbons (Fsp3) is 0.0476. The maximum absolute atomic E-state index is 12.1. The zero-order valence-corrected chi connectivity index (χ0v) is 20.7. The summed E-state index contributed by atoms with van der Waals surface area (Å²) in [6.07, 6.45) is 1.60. The predicted molar refractivity (Wildman–Crippen MR) is 134 cm³/mol. The molecule has 0 saturated heterocycles. The second-order valence-corrected chi connectivity index (χ2v) is 9.13. The van der Waals surface area contributed by atoms with Crippen LogP contribution in [0.15, 0.2) is 65.8 Å². The summed E-state index contributed by atoms with van der Waals surface area (Å²) in [6.45, 7) is 0.452. The van der Waals surface area contributed by atoms with Crippen LogP contribution in [0.25, 0.3) is 0 Å². The van der Waals surface area contributed by atoms with Gasteiger partial charge in [0.25, 0.3) is 5.91 Å². The molecule has 0 radical (unpaired) electrons. The standard InChI is InChI=1S/C21H14Cl2I2N2O2/c22-16-5-1-13(2-6-16)12-29-20-18(24)9-14(10-19(20)25)11-26-27-21(28)15-3-7-17(23)8-4-15/h1-11H,12H2,(H,27,28)/b26-11-. The summed E-state index contributed by atoms with van der Waals surface area (Å²) < 4.78 is 7.88. The first-order valence-corrected chi connectivity index (χ1v) is 11.3. The van der Waals surface area contributed by atoms with Gasteiger partial charge in [-0.3, -0.25) is 4.79 Å². The number of rotatable bonds is 6. The third-order valence-corrected chi connectivity index (χ3v) is 5.91. The van der Waals surface area contributed by atoms with E-state index in [9.17, 15) is 4.79 Å². The molecule has 8 heteroatoms. The number of hydrogen-bond donors (Lipinski definition) is 1. The number of benzene rings is 3. The van der Waals surface area contributed by atoms with E-state index in [2.05, 4.69) is 55.7 Å². The maximum atomic E-state index is 12.1. The van der Waals surface area contributed by atoms with E-state index < -0.39 is 0 Å². The lowest BCUT2D eigenvalue weighted by Gasteiger charge is -2.11. The summed E-state index contributed by atoms with van der Waals surface area (Å²) in [5, 5.41) is 5.31. The summed E-state index contributed by atoms with van der Waals surface area (Å²) in [7, 11) is 0. The number of carbonyl (C=O) groups excluding carboxylic acids is 1. The molecule has 3 rings (SSSR count). The second kappa shape index (κ2) is 10.6. The van der Waals surface area contributed by atoms with Crippen LogP contribution in [-0.2, 0) is 6.61 Å². The van der Waals surface area contributed by atoms with E-state index in [1.807, 2.05) is 36.4 Å². The Balaban J connectivity index is 1.63. The lowest BCUT2D eigenvalue weighted by Crippen LogP contribution is -2.17. The Morgan fingerprint density at radius 2 is 1.52 bits per heavy atom. The quantitative estimate of drug-likeness (QED) is 0.187. The Hall–Kier alpha value is -1.36. The van der Waals surface area contributed by atoms with Crippen LogP contribution in [0.5, 0.6) is 5.75 Å². The van der Waals surface area contributed by atoms with Crippen molar-refractivity contribution in [2.24, 2.45) is 5.10 Å². The van der Waals surface area contributed by atoms with Gasteiger partial charge >= 0.3 is 0 Å². The summed E-state index contributed by atoms with van der Waals surface area (Å²) >= 11 is 16.2. The van der Waals surface area contributed by atoms with E-state index in [-0.39, 0.29) is 5.91 Å². The number of halogens is 4. The first kappa shape index (κ1) is 22.3. The lowest BCUT2D eigenvalue weighted by atomic mass is 10.2.